The zero-order valence-electron chi connectivity index (χ0n) is 16.3. The first kappa shape index (κ1) is 17.2. The molecule has 0 N–H and O–H groups in total. The van der Waals surface area contributed by atoms with Gasteiger partial charge in [-0.3, -0.25) is 0 Å². The molecule has 0 amide bonds. The van der Waals surface area contributed by atoms with Crippen LogP contribution in [0.5, 0.6) is 0 Å². The van der Waals surface area contributed by atoms with Gasteiger partial charge in [0, 0.05) is 22.4 Å². The van der Waals surface area contributed by atoms with E-state index in [-0.39, 0.29) is 0 Å². The van der Waals surface area contributed by atoms with Gasteiger partial charge in [0.1, 0.15) is 18.7 Å². The summed E-state index contributed by atoms with van der Waals surface area (Å²) in [7, 11) is 2.06. The lowest BCUT2D eigenvalue weighted by Crippen LogP contribution is -2.30. The number of nitriles is 1. The number of benzene rings is 3. The van der Waals surface area contributed by atoms with E-state index in [1.165, 1.54) is 5.56 Å². The molecule has 0 fully saturated rings. The summed E-state index contributed by atoms with van der Waals surface area (Å²) in [6, 6.07) is 26.8. The summed E-state index contributed by atoms with van der Waals surface area (Å²) in [5, 5.41) is 11.5. The molecular formula is C26H19N2O+. The topological polar surface area (TPSA) is 40.8 Å². The zero-order valence-corrected chi connectivity index (χ0v) is 16.3. The van der Waals surface area contributed by atoms with E-state index in [2.05, 4.69) is 79.3 Å². The number of para-hydroxylation sites is 1. The van der Waals surface area contributed by atoms with Crippen molar-refractivity contribution in [2.75, 3.05) is 0 Å². The van der Waals surface area contributed by atoms with E-state index >= 15 is 0 Å². The summed E-state index contributed by atoms with van der Waals surface area (Å²) < 4.78 is 8.42. The van der Waals surface area contributed by atoms with Crippen LogP contribution in [0.4, 0.5) is 0 Å². The molecule has 0 saturated heterocycles. The molecule has 0 spiro atoms. The Bertz CT molecular complexity index is 1420. The third-order valence-corrected chi connectivity index (χ3v) is 5.49. The number of furan rings is 1. The van der Waals surface area contributed by atoms with Crippen molar-refractivity contribution < 1.29 is 8.98 Å². The molecule has 5 rings (SSSR count). The second kappa shape index (κ2) is 6.61. The molecule has 3 nitrogen and oxygen atoms in total. The third kappa shape index (κ3) is 2.69. The minimum absolute atomic E-state index is 0.561. The maximum absolute atomic E-state index is 9.47. The van der Waals surface area contributed by atoms with Crippen LogP contribution in [0.15, 0.2) is 83.4 Å². The highest BCUT2D eigenvalue weighted by atomic mass is 16.3. The fraction of sp³-hybridized carbons (Fsp3) is 0.0769. The lowest BCUT2D eigenvalue weighted by atomic mass is 9.99. The lowest BCUT2D eigenvalue weighted by molar-refractivity contribution is -0.659. The van der Waals surface area contributed by atoms with E-state index in [1.54, 1.807) is 6.07 Å². The summed E-state index contributed by atoms with van der Waals surface area (Å²) in [5.74, 6) is 0. The number of aryl methyl sites for hydroxylation is 2. The predicted molar refractivity (Wildman–Crippen MR) is 115 cm³/mol. The molecule has 0 saturated carbocycles. The highest BCUT2D eigenvalue weighted by Gasteiger charge is 2.21. The van der Waals surface area contributed by atoms with Gasteiger partial charge in [0.25, 0.3) is 0 Å². The number of fused-ring (bicyclic) bond motifs is 3. The minimum atomic E-state index is 0.561. The van der Waals surface area contributed by atoms with Crippen LogP contribution >= 0.6 is 0 Å². The van der Waals surface area contributed by atoms with Gasteiger partial charge in [-0.05, 0) is 30.2 Å². The molecule has 3 heteroatoms. The molecule has 5 aromatic rings. The average Bonchev–Trinajstić information content (AvgIpc) is 3.13. The summed E-state index contributed by atoms with van der Waals surface area (Å²) >= 11 is 0. The first-order chi connectivity index (χ1) is 14.2. The number of nitrogens with zero attached hydrogens (tertiary/aromatic N) is 2. The molecule has 0 aliphatic rings. The Morgan fingerprint density at radius 3 is 2.34 bits per heavy atom. The lowest BCUT2D eigenvalue weighted by Gasteiger charge is -2.07. The van der Waals surface area contributed by atoms with Crippen molar-refractivity contribution in [3.63, 3.8) is 0 Å². The van der Waals surface area contributed by atoms with Gasteiger partial charge in [0.2, 0.25) is 5.69 Å². The second-order valence-corrected chi connectivity index (χ2v) is 7.31. The quantitative estimate of drug-likeness (QED) is 0.359. The van der Waals surface area contributed by atoms with Crippen molar-refractivity contribution >= 4 is 21.9 Å². The first-order valence-corrected chi connectivity index (χ1v) is 9.58. The monoisotopic (exact) mass is 375 g/mol. The highest BCUT2D eigenvalue weighted by Crippen LogP contribution is 2.38. The average molecular weight is 375 g/mol. The number of aromatic nitrogens is 1. The molecule has 0 unspecified atom stereocenters. The Morgan fingerprint density at radius 1 is 0.793 bits per heavy atom. The molecule has 29 heavy (non-hydrogen) atoms. The molecular weight excluding hydrogens is 356 g/mol. The van der Waals surface area contributed by atoms with Gasteiger partial charge in [-0.2, -0.15) is 5.26 Å². The predicted octanol–water partition coefficient (Wildman–Crippen LogP) is 5.92. The highest BCUT2D eigenvalue weighted by molar-refractivity contribution is 6.10. The molecule has 2 heterocycles. The minimum Gasteiger partial charge on any atom is -0.454 e. The normalized spacial score (nSPS) is 11.1. The largest absolute Gasteiger partial charge is 0.454 e. The van der Waals surface area contributed by atoms with Gasteiger partial charge in [-0.25, -0.2) is 4.57 Å². The molecule has 0 atom stereocenters. The maximum Gasteiger partial charge on any atom is 0.216 e. The summed E-state index contributed by atoms with van der Waals surface area (Å²) in [6.45, 7) is 2.10. The van der Waals surface area contributed by atoms with E-state index in [0.29, 0.717) is 11.1 Å². The van der Waals surface area contributed by atoms with Crippen molar-refractivity contribution in [2.24, 2.45) is 7.05 Å². The van der Waals surface area contributed by atoms with E-state index in [9.17, 15) is 5.26 Å². The Kier molecular flexibility index (Phi) is 3.93. The molecule has 0 radical (unpaired) electrons. The van der Waals surface area contributed by atoms with Crippen LogP contribution < -0.4 is 4.57 Å². The fourth-order valence-electron chi connectivity index (χ4n) is 4.04. The summed E-state index contributed by atoms with van der Waals surface area (Å²) in [5.41, 5.74) is 7.66. The van der Waals surface area contributed by atoms with Crippen LogP contribution in [-0.4, -0.2) is 0 Å². The van der Waals surface area contributed by atoms with E-state index in [1.807, 2.05) is 18.2 Å². The number of pyridine rings is 1. The molecule has 0 bridgehead atoms. The molecule has 2 aromatic heterocycles. The molecule has 0 aliphatic carbocycles. The van der Waals surface area contributed by atoms with Crippen molar-refractivity contribution in [3.05, 3.63) is 90.1 Å². The van der Waals surface area contributed by atoms with Gasteiger partial charge >= 0.3 is 0 Å². The number of hydrogen-bond donors (Lipinski definition) is 0. The molecule has 0 aliphatic heterocycles. The van der Waals surface area contributed by atoms with Crippen molar-refractivity contribution in [3.8, 4) is 28.5 Å². The van der Waals surface area contributed by atoms with E-state index < -0.39 is 0 Å². The zero-order chi connectivity index (χ0) is 20.0. The van der Waals surface area contributed by atoms with Crippen LogP contribution in [0.3, 0.4) is 0 Å². The van der Waals surface area contributed by atoms with Crippen LogP contribution in [0.25, 0.3) is 44.3 Å². The van der Waals surface area contributed by atoms with Crippen molar-refractivity contribution in [2.45, 2.75) is 6.92 Å². The summed E-state index contributed by atoms with van der Waals surface area (Å²) in [4.78, 5) is 0. The smallest absolute Gasteiger partial charge is 0.216 e. The summed E-state index contributed by atoms with van der Waals surface area (Å²) in [6.07, 6.45) is 2.15. The van der Waals surface area contributed by atoms with Crippen LogP contribution in [0, 0.1) is 18.3 Å². The molecule has 3 aromatic carbocycles. The van der Waals surface area contributed by atoms with Crippen molar-refractivity contribution in [1.29, 1.82) is 5.26 Å². The van der Waals surface area contributed by atoms with Gasteiger partial charge in [-0.1, -0.05) is 54.6 Å². The van der Waals surface area contributed by atoms with Crippen LogP contribution in [0.2, 0.25) is 0 Å². The Balaban J connectivity index is 1.77. The van der Waals surface area contributed by atoms with E-state index in [0.717, 1.165) is 38.7 Å². The first-order valence-electron chi connectivity index (χ1n) is 9.58. The van der Waals surface area contributed by atoms with E-state index in [4.69, 9.17) is 4.42 Å². The number of hydrogen-bond acceptors (Lipinski definition) is 2. The fourth-order valence-corrected chi connectivity index (χ4v) is 4.04. The second-order valence-electron chi connectivity index (χ2n) is 7.31. The molecule has 138 valence electrons. The third-order valence-electron chi connectivity index (χ3n) is 5.49. The van der Waals surface area contributed by atoms with Crippen LogP contribution in [0.1, 0.15) is 11.1 Å². The van der Waals surface area contributed by atoms with Crippen molar-refractivity contribution in [1.82, 2.24) is 0 Å². The standard InChI is InChI=1S/C26H19N2O/c1-17-11-13-22-21-10-6-9-19(15-27)25(21)29-26(22)24(17)23-14-12-20(16-28(23)2)18-7-4-3-5-8-18/h3-14,16H,1-2H3/q+1. The SMILES string of the molecule is Cc1ccc2c(oc3c(C#N)cccc32)c1-c1ccc(-c2ccccc2)c[n+]1C. The van der Waals surface area contributed by atoms with Gasteiger partial charge in [-0.15, -0.1) is 0 Å². The van der Waals surface area contributed by atoms with Gasteiger partial charge in [0.05, 0.1) is 11.1 Å². The van der Waals surface area contributed by atoms with Crippen LogP contribution in [-0.2, 0) is 7.05 Å². The van der Waals surface area contributed by atoms with Gasteiger partial charge in [0.15, 0.2) is 11.8 Å². The Labute approximate surface area is 169 Å². The maximum atomic E-state index is 9.47. The van der Waals surface area contributed by atoms with Gasteiger partial charge < -0.3 is 4.42 Å². The Morgan fingerprint density at radius 2 is 1.59 bits per heavy atom. The Hall–Kier alpha value is -3.90. The number of rotatable bonds is 2.